The first-order valence-corrected chi connectivity index (χ1v) is 13.9. The number of nitrogens with one attached hydrogen (secondary N) is 2. The molecule has 0 atom stereocenters. The molecule has 41 heavy (non-hydrogen) atoms. The number of rotatable bonds is 11. The number of aryl methyl sites for hydroxylation is 1. The van der Waals surface area contributed by atoms with Crippen molar-refractivity contribution in [3.63, 3.8) is 0 Å². The van der Waals surface area contributed by atoms with E-state index in [2.05, 4.69) is 51.5 Å². The van der Waals surface area contributed by atoms with Crippen LogP contribution in [0.2, 0.25) is 0 Å². The van der Waals surface area contributed by atoms with E-state index < -0.39 is 6.09 Å². The lowest BCUT2D eigenvalue weighted by Crippen LogP contribution is -2.36. The molecule has 4 rings (SSSR count). The SMILES string of the molecule is Cc1ccc(NC(=O)Oc2ccnc(N3CCOCC3)c2)cc1NC(=O)c1ccc(CN(C)CCCN(C)C)cc1. The standard InChI is InChI=1S/C31H40N6O4/c1-23-6-11-26(33-31(39)41-27-12-13-32-29(21-27)37-16-18-40-19-17-37)20-28(23)34-30(38)25-9-7-24(8-10-25)22-36(4)15-5-14-35(2)3/h6-13,20-21H,5,14-19,22H2,1-4H3,(H,33,39)(H,34,38). The molecule has 1 saturated heterocycles. The molecule has 2 heterocycles. The summed E-state index contributed by atoms with van der Waals surface area (Å²) in [6.07, 6.45) is 2.09. The van der Waals surface area contributed by atoms with E-state index in [1.54, 1.807) is 30.5 Å². The lowest BCUT2D eigenvalue weighted by Gasteiger charge is -2.27. The molecule has 10 heteroatoms. The predicted octanol–water partition coefficient (Wildman–Crippen LogP) is 4.47. The molecule has 0 unspecified atom stereocenters. The quantitative estimate of drug-likeness (QED) is 0.354. The van der Waals surface area contributed by atoms with Gasteiger partial charge >= 0.3 is 6.09 Å². The average molecular weight is 561 g/mol. The van der Waals surface area contributed by atoms with Crippen molar-refractivity contribution in [3.05, 3.63) is 77.5 Å². The highest BCUT2D eigenvalue weighted by atomic mass is 16.6. The normalized spacial score (nSPS) is 13.4. The van der Waals surface area contributed by atoms with E-state index in [9.17, 15) is 9.59 Å². The predicted molar refractivity (Wildman–Crippen MR) is 162 cm³/mol. The number of nitrogens with zero attached hydrogens (tertiary/aromatic N) is 4. The third kappa shape index (κ3) is 9.28. The lowest BCUT2D eigenvalue weighted by atomic mass is 10.1. The average Bonchev–Trinajstić information content (AvgIpc) is 2.95. The highest BCUT2D eigenvalue weighted by Gasteiger charge is 2.15. The second kappa shape index (κ2) is 14.6. The summed E-state index contributed by atoms with van der Waals surface area (Å²) < 4.78 is 10.9. The maximum atomic E-state index is 13.0. The van der Waals surface area contributed by atoms with Crippen LogP contribution in [0.4, 0.5) is 22.0 Å². The number of anilines is 3. The molecule has 2 N–H and O–H groups in total. The Morgan fingerprint density at radius 1 is 0.976 bits per heavy atom. The number of carbonyl (C=O) groups excluding carboxylic acids is 2. The Labute approximate surface area is 242 Å². The summed E-state index contributed by atoms with van der Waals surface area (Å²) in [6, 6.07) is 16.4. The zero-order valence-corrected chi connectivity index (χ0v) is 24.4. The van der Waals surface area contributed by atoms with Gasteiger partial charge < -0.3 is 29.5 Å². The van der Waals surface area contributed by atoms with Gasteiger partial charge in [-0.3, -0.25) is 10.1 Å². The van der Waals surface area contributed by atoms with Crippen molar-refractivity contribution in [2.45, 2.75) is 19.9 Å². The second-order valence-corrected chi connectivity index (χ2v) is 10.5. The Kier molecular flexibility index (Phi) is 10.7. The molecule has 1 aliphatic heterocycles. The summed E-state index contributed by atoms with van der Waals surface area (Å²) in [5, 5.41) is 5.70. The molecule has 0 aliphatic carbocycles. The van der Waals surface area contributed by atoms with Crippen molar-refractivity contribution >= 4 is 29.2 Å². The third-order valence-electron chi connectivity index (χ3n) is 6.81. The number of benzene rings is 2. The lowest BCUT2D eigenvalue weighted by molar-refractivity contribution is 0.102. The van der Waals surface area contributed by atoms with Crippen molar-refractivity contribution < 1.29 is 19.1 Å². The Balaban J connectivity index is 1.31. The topological polar surface area (TPSA) is 99.3 Å². The number of morpholine rings is 1. The molecule has 10 nitrogen and oxygen atoms in total. The molecule has 2 aromatic carbocycles. The molecule has 3 aromatic rings. The Morgan fingerprint density at radius 3 is 2.46 bits per heavy atom. The van der Waals surface area contributed by atoms with Gasteiger partial charge in [0, 0.05) is 48.8 Å². The minimum absolute atomic E-state index is 0.217. The molecule has 0 bridgehead atoms. The summed E-state index contributed by atoms with van der Waals surface area (Å²) >= 11 is 0. The number of hydrogen-bond donors (Lipinski definition) is 2. The largest absolute Gasteiger partial charge is 0.417 e. The van der Waals surface area contributed by atoms with E-state index in [0.717, 1.165) is 56.1 Å². The van der Waals surface area contributed by atoms with E-state index in [1.807, 2.05) is 37.3 Å². The number of ether oxygens (including phenoxy) is 2. The maximum absolute atomic E-state index is 13.0. The van der Waals surface area contributed by atoms with E-state index >= 15 is 0 Å². The Morgan fingerprint density at radius 2 is 1.73 bits per heavy atom. The molecule has 0 spiro atoms. The van der Waals surface area contributed by atoms with Crippen molar-refractivity contribution in [1.29, 1.82) is 0 Å². The van der Waals surface area contributed by atoms with Crippen LogP contribution in [0.1, 0.15) is 27.9 Å². The summed E-state index contributed by atoms with van der Waals surface area (Å²) in [5.41, 5.74) is 3.70. The van der Waals surface area contributed by atoms with Gasteiger partial charge in [-0.05, 0) is 89.0 Å². The fraction of sp³-hybridized carbons (Fsp3) is 0.387. The van der Waals surface area contributed by atoms with Crippen LogP contribution in [0.3, 0.4) is 0 Å². The van der Waals surface area contributed by atoms with Gasteiger partial charge in [0.25, 0.3) is 5.91 Å². The first kappa shape index (κ1) is 30.0. The number of aromatic nitrogens is 1. The van der Waals surface area contributed by atoms with Crippen LogP contribution in [0, 0.1) is 6.92 Å². The van der Waals surface area contributed by atoms with Crippen LogP contribution < -0.4 is 20.3 Å². The first-order chi connectivity index (χ1) is 19.8. The van der Waals surface area contributed by atoms with Gasteiger partial charge in [-0.2, -0.15) is 0 Å². The van der Waals surface area contributed by atoms with E-state index in [4.69, 9.17) is 9.47 Å². The summed E-state index contributed by atoms with van der Waals surface area (Å²) in [6.45, 7) is 7.54. The summed E-state index contributed by atoms with van der Waals surface area (Å²) in [5.74, 6) is 0.910. The van der Waals surface area contributed by atoms with Crippen LogP contribution in [0.25, 0.3) is 0 Å². The van der Waals surface area contributed by atoms with Crippen LogP contribution >= 0.6 is 0 Å². The highest BCUT2D eigenvalue weighted by Crippen LogP contribution is 2.23. The Hall–Kier alpha value is -3.99. The molecule has 0 saturated carbocycles. The van der Waals surface area contributed by atoms with Crippen LogP contribution in [-0.4, -0.2) is 87.3 Å². The fourth-order valence-electron chi connectivity index (χ4n) is 4.52. The zero-order chi connectivity index (χ0) is 29.2. The highest BCUT2D eigenvalue weighted by molar-refractivity contribution is 6.05. The van der Waals surface area contributed by atoms with E-state index in [-0.39, 0.29) is 5.91 Å². The first-order valence-electron chi connectivity index (χ1n) is 13.9. The fourth-order valence-corrected chi connectivity index (χ4v) is 4.52. The van der Waals surface area contributed by atoms with Crippen molar-refractivity contribution in [2.24, 2.45) is 0 Å². The summed E-state index contributed by atoms with van der Waals surface area (Å²) in [7, 11) is 6.27. The maximum Gasteiger partial charge on any atom is 0.417 e. The number of carbonyl (C=O) groups is 2. The minimum Gasteiger partial charge on any atom is -0.410 e. The smallest absolute Gasteiger partial charge is 0.410 e. The number of hydrogen-bond acceptors (Lipinski definition) is 8. The molecule has 1 aromatic heterocycles. The van der Waals surface area contributed by atoms with Gasteiger partial charge in [0.15, 0.2) is 0 Å². The minimum atomic E-state index is -0.632. The zero-order valence-electron chi connectivity index (χ0n) is 24.4. The molecular formula is C31H40N6O4. The van der Waals surface area contributed by atoms with Crippen LogP contribution in [0.15, 0.2) is 60.8 Å². The third-order valence-corrected chi connectivity index (χ3v) is 6.81. The van der Waals surface area contributed by atoms with Gasteiger partial charge in [-0.1, -0.05) is 18.2 Å². The Bertz CT molecular complexity index is 1310. The molecule has 2 amide bonds. The molecule has 0 radical (unpaired) electrons. The van der Waals surface area contributed by atoms with Crippen molar-refractivity contribution in [2.75, 3.05) is 76.1 Å². The summed E-state index contributed by atoms with van der Waals surface area (Å²) in [4.78, 5) is 36.5. The number of amides is 2. The molecular weight excluding hydrogens is 520 g/mol. The van der Waals surface area contributed by atoms with Gasteiger partial charge in [0.1, 0.15) is 11.6 Å². The van der Waals surface area contributed by atoms with E-state index in [0.29, 0.717) is 35.9 Å². The van der Waals surface area contributed by atoms with Gasteiger partial charge in [-0.15, -0.1) is 0 Å². The molecule has 1 fully saturated rings. The van der Waals surface area contributed by atoms with Gasteiger partial charge in [0.2, 0.25) is 0 Å². The van der Waals surface area contributed by atoms with Gasteiger partial charge in [0.05, 0.1) is 13.2 Å². The van der Waals surface area contributed by atoms with Crippen molar-refractivity contribution in [1.82, 2.24) is 14.8 Å². The molecule has 218 valence electrons. The van der Waals surface area contributed by atoms with E-state index in [1.165, 1.54) is 0 Å². The van der Waals surface area contributed by atoms with Crippen molar-refractivity contribution in [3.8, 4) is 5.75 Å². The van der Waals surface area contributed by atoms with Gasteiger partial charge in [-0.25, -0.2) is 9.78 Å². The van der Waals surface area contributed by atoms with Crippen LogP contribution in [0.5, 0.6) is 5.75 Å². The second-order valence-electron chi connectivity index (χ2n) is 10.5. The monoisotopic (exact) mass is 560 g/mol. The molecule has 1 aliphatic rings. The number of pyridine rings is 1. The van der Waals surface area contributed by atoms with Crippen LogP contribution in [-0.2, 0) is 11.3 Å².